The molecule has 0 aliphatic rings. The third-order valence-electron chi connectivity index (χ3n) is 2.65. The summed E-state index contributed by atoms with van der Waals surface area (Å²) in [6, 6.07) is 10.2. The number of thiophene rings is 1. The Morgan fingerprint density at radius 3 is 2.85 bits per heavy atom. The molecule has 0 radical (unpaired) electrons. The van der Waals surface area contributed by atoms with Gasteiger partial charge in [-0.1, -0.05) is 17.7 Å². The first-order valence-electron chi connectivity index (χ1n) is 5.85. The predicted molar refractivity (Wildman–Crippen MR) is 91.9 cm³/mol. The van der Waals surface area contributed by atoms with Crippen LogP contribution < -0.4 is 5.32 Å². The number of anilines is 2. The number of hydrogen-bond acceptors (Lipinski definition) is 5. The van der Waals surface area contributed by atoms with Gasteiger partial charge in [-0.2, -0.15) is 0 Å². The summed E-state index contributed by atoms with van der Waals surface area (Å²) in [6.07, 6.45) is 2.07. The van der Waals surface area contributed by atoms with Gasteiger partial charge in [0.15, 0.2) is 5.13 Å². The molecule has 0 aliphatic heterocycles. The van der Waals surface area contributed by atoms with E-state index in [-0.39, 0.29) is 0 Å². The van der Waals surface area contributed by atoms with Crippen LogP contribution in [0.5, 0.6) is 0 Å². The van der Waals surface area contributed by atoms with Gasteiger partial charge in [-0.15, -0.1) is 34.4 Å². The molecule has 2 heterocycles. The molecule has 0 unspecified atom stereocenters. The van der Waals surface area contributed by atoms with E-state index in [0.717, 1.165) is 26.4 Å². The SMILES string of the molecule is CSc1cccc(Nc2nc(-c3cc(Cl)cs3)cs2)c1. The second-order valence-electron chi connectivity index (χ2n) is 4.02. The summed E-state index contributed by atoms with van der Waals surface area (Å²) in [5, 5.41) is 8.96. The van der Waals surface area contributed by atoms with Crippen LogP contribution in [0.4, 0.5) is 10.8 Å². The van der Waals surface area contributed by atoms with Crippen molar-refractivity contribution in [3.05, 3.63) is 46.1 Å². The molecule has 0 saturated carbocycles. The lowest BCUT2D eigenvalue weighted by Crippen LogP contribution is -1.89. The molecule has 6 heteroatoms. The highest BCUT2D eigenvalue weighted by atomic mass is 35.5. The van der Waals surface area contributed by atoms with Gasteiger partial charge in [0.2, 0.25) is 0 Å². The van der Waals surface area contributed by atoms with Crippen LogP contribution in [-0.2, 0) is 0 Å². The number of thioether (sulfide) groups is 1. The van der Waals surface area contributed by atoms with Gasteiger partial charge >= 0.3 is 0 Å². The second-order valence-corrected chi connectivity index (χ2v) is 7.11. The number of hydrogen-bond donors (Lipinski definition) is 1. The molecule has 2 nitrogen and oxygen atoms in total. The van der Waals surface area contributed by atoms with Crippen LogP contribution in [0.3, 0.4) is 0 Å². The first kappa shape index (κ1) is 13.9. The third-order valence-corrected chi connectivity index (χ3v) is 5.43. The average Bonchev–Trinajstić information content (AvgIpc) is 3.08. The Bertz CT molecular complexity index is 721. The van der Waals surface area contributed by atoms with Gasteiger partial charge in [0.25, 0.3) is 0 Å². The van der Waals surface area contributed by atoms with Crippen molar-refractivity contribution in [2.24, 2.45) is 0 Å². The maximum absolute atomic E-state index is 5.95. The lowest BCUT2D eigenvalue weighted by atomic mass is 10.3. The molecule has 0 amide bonds. The minimum absolute atomic E-state index is 0.764. The zero-order valence-electron chi connectivity index (χ0n) is 10.6. The number of nitrogens with zero attached hydrogens (tertiary/aromatic N) is 1. The molecule has 0 atom stereocenters. The quantitative estimate of drug-likeness (QED) is 0.591. The van der Waals surface area contributed by atoms with Crippen LogP contribution in [0.15, 0.2) is 46.0 Å². The van der Waals surface area contributed by atoms with Crippen LogP contribution in [-0.4, -0.2) is 11.2 Å². The fourth-order valence-electron chi connectivity index (χ4n) is 1.72. The minimum Gasteiger partial charge on any atom is -0.332 e. The maximum atomic E-state index is 5.95. The van der Waals surface area contributed by atoms with Crippen molar-refractivity contribution in [2.45, 2.75) is 4.90 Å². The Hall–Kier alpha value is -1.01. The normalized spacial score (nSPS) is 10.7. The summed E-state index contributed by atoms with van der Waals surface area (Å²) < 4.78 is 0. The van der Waals surface area contributed by atoms with Crippen molar-refractivity contribution in [2.75, 3.05) is 11.6 Å². The van der Waals surface area contributed by atoms with Crippen molar-refractivity contribution in [1.82, 2.24) is 4.98 Å². The Balaban J connectivity index is 1.80. The molecule has 0 saturated heterocycles. The molecule has 1 aromatic carbocycles. The Morgan fingerprint density at radius 1 is 1.20 bits per heavy atom. The average molecular weight is 339 g/mol. The van der Waals surface area contributed by atoms with E-state index in [1.165, 1.54) is 4.90 Å². The van der Waals surface area contributed by atoms with E-state index in [1.54, 1.807) is 34.4 Å². The smallest absolute Gasteiger partial charge is 0.187 e. The van der Waals surface area contributed by atoms with Gasteiger partial charge in [-0.3, -0.25) is 0 Å². The van der Waals surface area contributed by atoms with Crippen molar-refractivity contribution in [3.63, 3.8) is 0 Å². The van der Waals surface area contributed by atoms with Crippen LogP contribution in [0.2, 0.25) is 5.02 Å². The van der Waals surface area contributed by atoms with E-state index in [0.29, 0.717) is 0 Å². The van der Waals surface area contributed by atoms with Gasteiger partial charge in [0.05, 0.1) is 15.6 Å². The van der Waals surface area contributed by atoms with E-state index in [9.17, 15) is 0 Å². The lowest BCUT2D eigenvalue weighted by molar-refractivity contribution is 1.38. The fraction of sp³-hybridized carbons (Fsp3) is 0.0714. The van der Waals surface area contributed by atoms with E-state index in [4.69, 9.17) is 11.6 Å². The minimum atomic E-state index is 0.764. The summed E-state index contributed by atoms with van der Waals surface area (Å²) >= 11 is 10.9. The molecule has 3 aromatic rings. The molecule has 102 valence electrons. The van der Waals surface area contributed by atoms with E-state index < -0.39 is 0 Å². The summed E-state index contributed by atoms with van der Waals surface area (Å²) in [6.45, 7) is 0. The first-order valence-corrected chi connectivity index (χ1v) is 9.22. The van der Waals surface area contributed by atoms with Gasteiger partial charge in [0.1, 0.15) is 0 Å². The predicted octanol–water partition coefficient (Wildman–Crippen LogP) is 5.99. The molecule has 0 aliphatic carbocycles. The number of aromatic nitrogens is 1. The van der Waals surface area contributed by atoms with Gasteiger partial charge in [0, 0.05) is 21.3 Å². The second kappa shape index (κ2) is 6.18. The van der Waals surface area contributed by atoms with Crippen molar-refractivity contribution >= 4 is 56.9 Å². The molecule has 2 aromatic heterocycles. The number of nitrogens with one attached hydrogen (secondary N) is 1. The monoisotopic (exact) mass is 338 g/mol. The maximum Gasteiger partial charge on any atom is 0.187 e. The molecule has 0 fully saturated rings. The fourth-order valence-corrected chi connectivity index (χ4v) is 4.02. The number of halogens is 1. The molecule has 0 spiro atoms. The summed E-state index contributed by atoms with van der Waals surface area (Å²) in [7, 11) is 0. The zero-order valence-corrected chi connectivity index (χ0v) is 13.8. The van der Waals surface area contributed by atoms with Crippen LogP contribution in [0.1, 0.15) is 0 Å². The summed E-state index contributed by atoms with van der Waals surface area (Å²) in [5.41, 5.74) is 2.03. The molecular formula is C14H11ClN2S3. The molecule has 1 N–H and O–H groups in total. The number of rotatable bonds is 4. The Labute approximate surface area is 134 Å². The van der Waals surface area contributed by atoms with Crippen molar-refractivity contribution in [3.8, 4) is 10.6 Å². The number of benzene rings is 1. The number of thiazole rings is 1. The van der Waals surface area contributed by atoms with Crippen LogP contribution in [0, 0.1) is 0 Å². The first-order chi connectivity index (χ1) is 9.74. The highest BCUT2D eigenvalue weighted by Gasteiger charge is 2.07. The van der Waals surface area contributed by atoms with E-state index in [1.807, 2.05) is 29.0 Å². The Morgan fingerprint density at radius 2 is 2.10 bits per heavy atom. The highest BCUT2D eigenvalue weighted by molar-refractivity contribution is 7.98. The standard InChI is InChI=1S/C14H11ClN2S3/c1-18-11-4-2-3-10(6-11)16-14-17-12(8-20-14)13-5-9(15)7-19-13/h2-8H,1H3,(H,16,17). The van der Waals surface area contributed by atoms with Gasteiger partial charge < -0.3 is 5.32 Å². The molecule has 0 bridgehead atoms. The van der Waals surface area contributed by atoms with Crippen LogP contribution in [0.25, 0.3) is 10.6 Å². The molecule has 3 rings (SSSR count). The van der Waals surface area contributed by atoms with Crippen LogP contribution >= 0.6 is 46.0 Å². The van der Waals surface area contributed by atoms with Gasteiger partial charge in [-0.05, 0) is 30.5 Å². The lowest BCUT2D eigenvalue weighted by Gasteiger charge is -2.03. The van der Waals surface area contributed by atoms with E-state index >= 15 is 0 Å². The zero-order chi connectivity index (χ0) is 13.9. The summed E-state index contributed by atoms with van der Waals surface area (Å²) in [5.74, 6) is 0. The van der Waals surface area contributed by atoms with E-state index in [2.05, 4.69) is 28.7 Å². The van der Waals surface area contributed by atoms with Crippen molar-refractivity contribution in [1.29, 1.82) is 0 Å². The van der Waals surface area contributed by atoms with Crippen molar-refractivity contribution < 1.29 is 0 Å². The van der Waals surface area contributed by atoms with Gasteiger partial charge in [-0.25, -0.2) is 4.98 Å². The largest absolute Gasteiger partial charge is 0.332 e. The third kappa shape index (κ3) is 3.17. The molecular weight excluding hydrogens is 328 g/mol. The molecule has 20 heavy (non-hydrogen) atoms. The Kier molecular flexibility index (Phi) is 4.31. The summed E-state index contributed by atoms with van der Waals surface area (Å²) in [4.78, 5) is 6.92. The highest BCUT2D eigenvalue weighted by Crippen LogP contribution is 2.33. The topological polar surface area (TPSA) is 24.9 Å².